The Labute approximate surface area is 181 Å². The molecule has 0 fully saturated rings. The van der Waals surface area contributed by atoms with Crippen molar-refractivity contribution in [1.82, 2.24) is 24.7 Å². The van der Waals surface area contributed by atoms with Gasteiger partial charge in [0.15, 0.2) is 0 Å². The number of hydrogen-bond acceptors (Lipinski definition) is 6. The number of anilines is 2. The number of aliphatic hydroxyl groups excluding tert-OH is 1. The average molecular weight is 441 g/mol. The van der Waals surface area contributed by atoms with E-state index in [1.807, 2.05) is 6.92 Å². The smallest absolute Gasteiger partial charge is 0.251 e. The fourth-order valence-corrected chi connectivity index (χ4v) is 3.35. The fourth-order valence-electron chi connectivity index (χ4n) is 3.16. The Morgan fingerprint density at radius 2 is 2.13 bits per heavy atom. The van der Waals surface area contributed by atoms with Gasteiger partial charge in [-0.2, -0.15) is 5.10 Å². The van der Waals surface area contributed by atoms with Gasteiger partial charge in [0, 0.05) is 24.0 Å². The van der Waals surface area contributed by atoms with Crippen LogP contribution in [-0.2, 0) is 0 Å². The molecule has 0 aliphatic carbocycles. The van der Waals surface area contributed by atoms with E-state index in [1.54, 1.807) is 30.7 Å². The van der Waals surface area contributed by atoms with Crippen LogP contribution in [0.2, 0.25) is 5.02 Å². The maximum absolute atomic E-state index is 13.5. The molecule has 8 nitrogen and oxygen atoms in total. The molecule has 3 aromatic heterocycles. The molecule has 0 radical (unpaired) electrons. The quantitative estimate of drug-likeness (QED) is 0.423. The summed E-state index contributed by atoms with van der Waals surface area (Å²) in [5.74, 6) is -0.205. The van der Waals surface area contributed by atoms with Gasteiger partial charge in [-0.3, -0.25) is 9.89 Å². The molecule has 0 aliphatic rings. The molecule has 0 spiro atoms. The number of pyridine rings is 1. The third-order valence-electron chi connectivity index (χ3n) is 4.81. The van der Waals surface area contributed by atoms with Crippen molar-refractivity contribution in [2.24, 2.45) is 0 Å². The van der Waals surface area contributed by atoms with Crippen LogP contribution in [0.4, 0.5) is 16.0 Å². The van der Waals surface area contributed by atoms with E-state index in [2.05, 4.69) is 25.5 Å². The lowest BCUT2D eigenvalue weighted by Crippen LogP contribution is -2.26. The van der Waals surface area contributed by atoms with Crippen LogP contribution in [0, 0.1) is 12.7 Å². The van der Waals surface area contributed by atoms with Gasteiger partial charge in [0.2, 0.25) is 5.95 Å². The highest BCUT2D eigenvalue weighted by Gasteiger charge is 2.16. The van der Waals surface area contributed by atoms with Gasteiger partial charge in [-0.25, -0.2) is 14.4 Å². The number of nitrogens with zero attached hydrogens (tertiary/aromatic N) is 4. The predicted molar refractivity (Wildman–Crippen MR) is 115 cm³/mol. The van der Waals surface area contributed by atoms with Crippen LogP contribution >= 0.6 is 11.6 Å². The highest BCUT2D eigenvalue weighted by atomic mass is 35.5. The molecule has 4 rings (SSSR count). The van der Waals surface area contributed by atoms with Crippen molar-refractivity contribution in [3.63, 3.8) is 0 Å². The van der Waals surface area contributed by atoms with Crippen molar-refractivity contribution >= 4 is 23.2 Å². The Balaban J connectivity index is 1.64. The zero-order valence-corrected chi connectivity index (χ0v) is 17.1. The summed E-state index contributed by atoms with van der Waals surface area (Å²) in [6.45, 7) is 1.51. The summed E-state index contributed by atoms with van der Waals surface area (Å²) in [7, 11) is 0. The standard InChI is InChI=1S/C21H18ClFN6O2/c1-12-18(10-25-28-12)27-21-24-6-4-17(26-21)13-5-7-29(20(31)9-13)19(11-30)14-2-3-16(23)15(22)8-14/h2-10,19,30H,11H2,1H3,(H,25,28)(H,24,26,27)/t19-/m1/s1. The lowest BCUT2D eigenvalue weighted by Gasteiger charge is -2.18. The number of aryl methyl sites for hydroxylation is 1. The van der Waals surface area contributed by atoms with Crippen molar-refractivity contribution in [2.45, 2.75) is 13.0 Å². The summed E-state index contributed by atoms with van der Waals surface area (Å²) in [5, 5.41) is 19.6. The Morgan fingerprint density at radius 3 is 2.81 bits per heavy atom. The molecule has 3 heterocycles. The summed E-state index contributed by atoms with van der Waals surface area (Å²) >= 11 is 5.85. The van der Waals surface area contributed by atoms with Crippen molar-refractivity contribution in [1.29, 1.82) is 0 Å². The first-order chi connectivity index (χ1) is 15.0. The summed E-state index contributed by atoms with van der Waals surface area (Å²) in [5.41, 5.74) is 2.89. The minimum absolute atomic E-state index is 0.0745. The molecule has 0 amide bonds. The van der Waals surface area contributed by atoms with Gasteiger partial charge in [0.25, 0.3) is 5.56 Å². The summed E-state index contributed by atoms with van der Waals surface area (Å²) in [4.78, 5) is 21.4. The molecule has 3 N–H and O–H groups in total. The minimum Gasteiger partial charge on any atom is -0.394 e. The van der Waals surface area contributed by atoms with Gasteiger partial charge >= 0.3 is 0 Å². The average Bonchev–Trinajstić information content (AvgIpc) is 3.16. The minimum atomic E-state index is -0.702. The number of H-pyrrole nitrogens is 1. The van der Waals surface area contributed by atoms with Gasteiger partial charge < -0.3 is 15.0 Å². The van der Waals surface area contributed by atoms with Gasteiger partial charge in [0.1, 0.15) is 5.82 Å². The maximum Gasteiger partial charge on any atom is 0.251 e. The molecule has 158 valence electrons. The number of rotatable bonds is 6. The maximum atomic E-state index is 13.5. The Morgan fingerprint density at radius 1 is 1.29 bits per heavy atom. The topological polar surface area (TPSA) is 109 Å². The third kappa shape index (κ3) is 4.32. The van der Waals surface area contributed by atoms with Crippen LogP contribution in [0.5, 0.6) is 0 Å². The number of aromatic nitrogens is 5. The third-order valence-corrected chi connectivity index (χ3v) is 5.10. The molecule has 1 atom stereocenters. The van der Waals surface area contributed by atoms with Gasteiger partial charge in [0.05, 0.1) is 40.9 Å². The molecule has 1 aromatic carbocycles. The molecular formula is C21H18ClFN6O2. The van der Waals surface area contributed by atoms with E-state index >= 15 is 0 Å². The summed E-state index contributed by atoms with van der Waals surface area (Å²) in [6.07, 6.45) is 4.77. The summed E-state index contributed by atoms with van der Waals surface area (Å²) < 4.78 is 14.8. The molecule has 0 bridgehead atoms. The number of aromatic amines is 1. The monoisotopic (exact) mass is 440 g/mol. The first-order valence-corrected chi connectivity index (χ1v) is 9.72. The largest absolute Gasteiger partial charge is 0.394 e. The number of hydrogen-bond donors (Lipinski definition) is 3. The van der Waals surface area contributed by atoms with E-state index in [1.165, 1.54) is 28.8 Å². The SMILES string of the molecule is Cc1[nH]ncc1Nc1nccc(-c2ccn([C@H](CO)c3ccc(F)c(Cl)c3)c(=O)c2)n1. The number of nitrogens with one attached hydrogen (secondary N) is 2. The van der Waals surface area contributed by atoms with Crippen LogP contribution in [0.25, 0.3) is 11.3 Å². The molecule has 0 aliphatic heterocycles. The van der Waals surface area contributed by atoms with Crippen molar-refractivity contribution in [3.05, 3.63) is 87.4 Å². The van der Waals surface area contributed by atoms with Gasteiger partial charge in [-0.1, -0.05) is 17.7 Å². The second-order valence-electron chi connectivity index (χ2n) is 6.83. The first kappa shape index (κ1) is 20.7. The molecule has 4 aromatic rings. The zero-order valence-electron chi connectivity index (χ0n) is 16.4. The van der Waals surface area contributed by atoms with Crippen molar-refractivity contribution in [3.8, 4) is 11.3 Å². The Bertz CT molecular complexity index is 1290. The van der Waals surface area contributed by atoms with E-state index in [0.717, 1.165) is 11.4 Å². The van der Waals surface area contributed by atoms with Crippen LogP contribution < -0.4 is 10.9 Å². The number of halogens is 2. The zero-order chi connectivity index (χ0) is 22.0. The molecule has 31 heavy (non-hydrogen) atoms. The Hall–Kier alpha value is -3.56. The van der Waals surface area contributed by atoms with Crippen LogP contribution in [0.1, 0.15) is 17.3 Å². The fraction of sp³-hybridized carbons (Fsp3) is 0.143. The normalized spacial score (nSPS) is 12.0. The molecule has 0 saturated carbocycles. The first-order valence-electron chi connectivity index (χ1n) is 9.34. The lowest BCUT2D eigenvalue weighted by atomic mass is 10.1. The van der Waals surface area contributed by atoms with Crippen molar-refractivity contribution in [2.75, 3.05) is 11.9 Å². The second kappa shape index (κ2) is 8.66. The molecule has 0 saturated heterocycles. The number of benzene rings is 1. The van der Waals surface area contributed by atoms with Gasteiger partial charge in [-0.05, 0) is 36.8 Å². The van der Waals surface area contributed by atoms with Gasteiger partial charge in [-0.15, -0.1) is 0 Å². The van der Waals surface area contributed by atoms with E-state index in [4.69, 9.17) is 11.6 Å². The molecule has 10 heteroatoms. The van der Waals surface area contributed by atoms with Crippen LogP contribution in [0.3, 0.4) is 0 Å². The summed E-state index contributed by atoms with van der Waals surface area (Å²) in [6, 6.07) is 8.22. The molecule has 0 unspecified atom stereocenters. The predicted octanol–water partition coefficient (Wildman–Crippen LogP) is 3.45. The molecular weight excluding hydrogens is 423 g/mol. The lowest BCUT2D eigenvalue weighted by molar-refractivity contribution is 0.247. The van der Waals surface area contributed by atoms with E-state index < -0.39 is 11.9 Å². The van der Waals surface area contributed by atoms with E-state index in [0.29, 0.717) is 22.8 Å². The van der Waals surface area contributed by atoms with Crippen LogP contribution in [0.15, 0.2) is 59.8 Å². The van der Waals surface area contributed by atoms with Crippen molar-refractivity contribution < 1.29 is 9.50 Å². The number of aliphatic hydroxyl groups is 1. The second-order valence-corrected chi connectivity index (χ2v) is 7.24. The van der Waals surface area contributed by atoms with E-state index in [9.17, 15) is 14.3 Å². The Kier molecular flexibility index (Phi) is 5.79. The van der Waals surface area contributed by atoms with E-state index in [-0.39, 0.29) is 17.2 Å². The highest BCUT2D eigenvalue weighted by molar-refractivity contribution is 6.30. The van der Waals surface area contributed by atoms with Crippen LogP contribution in [-0.4, -0.2) is 36.4 Å². The highest BCUT2D eigenvalue weighted by Crippen LogP contribution is 2.24.